The lowest BCUT2D eigenvalue weighted by Gasteiger charge is -2.34. The summed E-state index contributed by atoms with van der Waals surface area (Å²) in [5.74, 6) is -1.48. The van der Waals surface area contributed by atoms with Gasteiger partial charge in [-0.25, -0.2) is 14.4 Å². The Morgan fingerprint density at radius 2 is 1.71 bits per heavy atom. The molecule has 4 rings (SSSR count). The standard InChI is InChI=1S/C19H18FN5O3/c20-14-4-1-3-13-16(14)18(28)25(17(13)27)8-5-15(26)23-9-11-24(12-10-23)19-21-6-2-7-22-19/h1-4,6-7H,5,8-12H2. The first-order valence-corrected chi connectivity index (χ1v) is 9.00. The van der Waals surface area contributed by atoms with Gasteiger partial charge in [0.15, 0.2) is 0 Å². The SMILES string of the molecule is O=C(CCN1C(=O)c2cccc(F)c2C1=O)N1CCN(c2ncccn2)CC1. The van der Waals surface area contributed by atoms with Crippen LogP contribution < -0.4 is 4.90 Å². The second-order valence-electron chi connectivity index (χ2n) is 6.59. The number of fused-ring (bicyclic) bond motifs is 1. The van der Waals surface area contributed by atoms with E-state index >= 15 is 0 Å². The lowest BCUT2D eigenvalue weighted by molar-refractivity contribution is -0.131. The minimum absolute atomic E-state index is 0.00885. The number of imide groups is 1. The summed E-state index contributed by atoms with van der Waals surface area (Å²) >= 11 is 0. The third-order valence-electron chi connectivity index (χ3n) is 4.96. The van der Waals surface area contributed by atoms with Gasteiger partial charge in [-0.05, 0) is 18.2 Å². The fraction of sp³-hybridized carbons (Fsp3) is 0.316. The molecule has 2 aliphatic rings. The van der Waals surface area contributed by atoms with Gasteiger partial charge >= 0.3 is 0 Å². The van der Waals surface area contributed by atoms with E-state index in [1.807, 2.05) is 4.90 Å². The molecular weight excluding hydrogens is 365 g/mol. The highest BCUT2D eigenvalue weighted by Gasteiger charge is 2.38. The normalized spacial score (nSPS) is 16.5. The average molecular weight is 383 g/mol. The largest absolute Gasteiger partial charge is 0.339 e. The van der Waals surface area contributed by atoms with Crippen LogP contribution in [0.5, 0.6) is 0 Å². The molecule has 2 aliphatic heterocycles. The monoisotopic (exact) mass is 383 g/mol. The van der Waals surface area contributed by atoms with E-state index < -0.39 is 17.6 Å². The highest BCUT2D eigenvalue weighted by atomic mass is 19.1. The minimum Gasteiger partial charge on any atom is -0.339 e. The first-order chi connectivity index (χ1) is 13.6. The van der Waals surface area contributed by atoms with Crippen molar-refractivity contribution in [2.75, 3.05) is 37.6 Å². The van der Waals surface area contributed by atoms with Crippen molar-refractivity contribution in [3.8, 4) is 0 Å². The lowest BCUT2D eigenvalue weighted by Crippen LogP contribution is -2.49. The summed E-state index contributed by atoms with van der Waals surface area (Å²) in [5, 5.41) is 0. The van der Waals surface area contributed by atoms with Crippen LogP contribution in [0.3, 0.4) is 0 Å². The van der Waals surface area contributed by atoms with Gasteiger partial charge in [0, 0.05) is 51.5 Å². The molecule has 2 aromatic rings. The molecule has 1 saturated heterocycles. The van der Waals surface area contributed by atoms with Crippen molar-refractivity contribution in [2.24, 2.45) is 0 Å². The number of hydrogen-bond acceptors (Lipinski definition) is 6. The van der Waals surface area contributed by atoms with E-state index in [1.165, 1.54) is 12.1 Å². The van der Waals surface area contributed by atoms with Gasteiger partial charge in [0.25, 0.3) is 11.8 Å². The first kappa shape index (κ1) is 18.0. The van der Waals surface area contributed by atoms with Gasteiger partial charge in [-0.3, -0.25) is 19.3 Å². The molecule has 0 aliphatic carbocycles. The van der Waals surface area contributed by atoms with Crippen molar-refractivity contribution in [2.45, 2.75) is 6.42 Å². The number of hydrogen-bond donors (Lipinski definition) is 0. The third kappa shape index (κ3) is 3.19. The first-order valence-electron chi connectivity index (χ1n) is 9.00. The summed E-state index contributed by atoms with van der Waals surface area (Å²) in [6.07, 6.45) is 3.35. The van der Waals surface area contributed by atoms with E-state index in [2.05, 4.69) is 9.97 Å². The zero-order valence-electron chi connectivity index (χ0n) is 15.0. The molecule has 3 heterocycles. The van der Waals surface area contributed by atoms with Crippen molar-refractivity contribution in [3.63, 3.8) is 0 Å². The molecule has 1 fully saturated rings. The zero-order valence-corrected chi connectivity index (χ0v) is 15.0. The van der Waals surface area contributed by atoms with E-state index in [1.54, 1.807) is 23.4 Å². The van der Waals surface area contributed by atoms with Crippen LogP contribution in [0.1, 0.15) is 27.1 Å². The maximum atomic E-state index is 13.9. The van der Waals surface area contributed by atoms with Crippen LogP contribution in [-0.2, 0) is 4.79 Å². The summed E-state index contributed by atoms with van der Waals surface area (Å²) in [6.45, 7) is 2.16. The highest BCUT2D eigenvalue weighted by molar-refractivity contribution is 6.21. The maximum absolute atomic E-state index is 13.9. The predicted octanol–water partition coefficient (Wildman–Crippen LogP) is 0.951. The van der Waals surface area contributed by atoms with Crippen molar-refractivity contribution in [3.05, 3.63) is 53.6 Å². The van der Waals surface area contributed by atoms with Gasteiger partial charge in [0.05, 0.1) is 11.1 Å². The Hall–Kier alpha value is -3.36. The Labute approximate surface area is 160 Å². The number of nitrogens with zero attached hydrogens (tertiary/aromatic N) is 5. The smallest absolute Gasteiger partial charge is 0.264 e. The lowest BCUT2D eigenvalue weighted by atomic mass is 10.1. The Bertz CT molecular complexity index is 928. The quantitative estimate of drug-likeness (QED) is 0.731. The molecule has 0 saturated carbocycles. The molecule has 0 atom stereocenters. The molecule has 0 spiro atoms. The Morgan fingerprint density at radius 1 is 1.00 bits per heavy atom. The number of halogens is 1. The van der Waals surface area contributed by atoms with Gasteiger partial charge in [0.2, 0.25) is 11.9 Å². The molecule has 3 amide bonds. The average Bonchev–Trinajstić information content (AvgIpc) is 2.98. The number of rotatable bonds is 4. The Kier molecular flexibility index (Phi) is 4.72. The second kappa shape index (κ2) is 7.34. The molecular formula is C19H18FN5O3. The van der Waals surface area contributed by atoms with Crippen molar-refractivity contribution < 1.29 is 18.8 Å². The molecule has 1 aromatic heterocycles. The van der Waals surface area contributed by atoms with E-state index in [0.29, 0.717) is 32.1 Å². The number of anilines is 1. The maximum Gasteiger partial charge on any atom is 0.264 e. The fourth-order valence-electron chi connectivity index (χ4n) is 3.47. The number of amides is 3. The molecule has 144 valence electrons. The van der Waals surface area contributed by atoms with Gasteiger partial charge in [-0.1, -0.05) is 6.07 Å². The molecule has 1 aromatic carbocycles. The molecule has 28 heavy (non-hydrogen) atoms. The summed E-state index contributed by atoms with van der Waals surface area (Å²) in [4.78, 5) is 50.2. The number of piperazine rings is 1. The highest BCUT2D eigenvalue weighted by Crippen LogP contribution is 2.25. The number of carbonyl (C=O) groups is 3. The molecule has 0 bridgehead atoms. The van der Waals surface area contributed by atoms with Crippen LogP contribution in [0.25, 0.3) is 0 Å². The Morgan fingerprint density at radius 3 is 2.39 bits per heavy atom. The topological polar surface area (TPSA) is 86.7 Å². The van der Waals surface area contributed by atoms with E-state index in [9.17, 15) is 18.8 Å². The summed E-state index contributed by atoms with van der Waals surface area (Å²) in [5.41, 5.74) is -0.162. The summed E-state index contributed by atoms with van der Waals surface area (Å²) in [6, 6.07) is 5.71. The molecule has 8 nitrogen and oxygen atoms in total. The molecule has 0 unspecified atom stereocenters. The third-order valence-corrected chi connectivity index (χ3v) is 4.96. The van der Waals surface area contributed by atoms with Gasteiger partial charge < -0.3 is 9.80 Å². The van der Waals surface area contributed by atoms with Crippen LogP contribution >= 0.6 is 0 Å². The zero-order chi connectivity index (χ0) is 19.7. The Balaban J connectivity index is 1.33. The van der Waals surface area contributed by atoms with E-state index in [-0.39, 0.29) is 30.0 Å². The number of aromatic nitrogens is 2. The molecule has 9 heteroatoms. The second-order valence-corrected chi connectivity index (χ2v) is 6.59. The summed E-state index contributed by atoms with van der Waals surface area (Å²) in [7, 11) is 0. The van der Waals surface area contributed by atoms with Crippen molar-refractivity contribution in [1.29, 1.82) is 0 Å². The van der Waals surface area contributed by atoms with Crippen LogP contribution in [0.2, 0.25) is 0 Å². The van der Waals surface area contributed by atoms with E-state index in [0.717, 1.165) is 11.0 Å². The van der Waals surface area contributed by atoms with Crippen LogP contribution in [0.4, 0.5) is 10.3 Å². The molecule has 0 radical (unpaired) electrons. The summed E-state index contributed by atoms with van der Waals surface area (Å²) < 4.78 is 13.9. The van der Waals surface area contributed by atoms with Crippen LogP contribution in [0, 0.1) is 5.82 Å². The van der Waals surface area contributed by atoms with E-state index in [4.69, 9.17) is 0 Å². The number of benzene rings is 1. The van der Waals surface area contributed by atoms with Crippen LogP contribution in [-0.4, -0.2) is 70.2 Å². The molecule has 0 N–H and O–H groups in total. The van der Waals surface area contributed by atoms with Gasteiger partial charge in [-0.2, -0.15) is 0 Å². The predicted molar refractivity (Wildman–Crippen MR) is 97.2 cm³/mol. The van der Waals surface area contributed by atoms with Crippen molar-refractivity contribution in [1.82, 2.24) is 19.8 Å². The minimum atomic E-state index is -0.719. The van der Waals surface area contributed by atoms with Crippen LogP contribution in [0.15, 0.2) is 36.7 Å². The van der Waals surface area contributed by atoms with Gasteiger partial charge in [0.1, 0.15) is 5.82 Å². The van der Waals surface area contributed by atoms with Gasteiger partial charge in [-0.15, -0.1) is 0 Å². The fourth-order valence-corrected chi connectivity index (χ4v) is 3.47. The number of carbonyl (C=O) groups excluding carboxylic acids is 3. The van der Waals surface area contributed by atoms with Crippen molar-refractivity contribution >= 4 is 23.7 Å².